The van der Waals surface area contributed by atoms with E-state index in [0.717, 1.165) is 24.6 Å². The molecule has 1 aromatic carbocycles. The monoisotopic (exact) mass is 359 g/mol. The molecule has 0 bridgehead atoms. The van der Waals surface area contributed by atoms with Crippen molar-refractivity contribution in [3.63, 3.8) is 0 Å². The number of hydrogen-bond acceptors (Lipinski definition) is 3. The van der Waals surface area contributed by atoms with Crippen LogP contribution in [0, 0.1) is 5.92 Å². The van der Waals surface area contributed by atoms with E-state index in [2.05, 4.69) is 59.9 Å². The number of rotatable bonds is 7. The number of nitrogens with zero attached hydrogens (tertiary/aromatic N) is 2. The summed E-state index contributed by atoms with van der Waals surface area (Å²) in [7, 11) is 6.01. The topological polar surface area (TPSA) is 68.8 Å². The van der Waals surface area contributed by atoms with E-state index in [-0.39, 0.29) is 11.8 Å². The fourth-order valence-electron chi connectivity index (χ4n) is 3.36. The van der Waals surface area contributed by atoms with Crippen molar-refractivity contribution in [3.05, 3.63) is 29.8 Å². The van der Waals surface area contributed by atoms with Crippen LogP contribution in [-0.4, -0.2) is 57.0 Å². The zero-order valence-electron chi connectivity index (χ0n) is 16.7. The molecule has 2 rings (SSSR count). The Morgan fingerprint density at radius 1 is 1.31 bits per heavy atom. The second kappa shape index (κ2) is 9.57. The van der Waals surface area contributed by atoms with Gasteiger partial charge in [-0.25, -0.2) is 0 Å². The summed E-state index contributed by atoms with van der Waals surface area (Å²) in [6.45, 7) is 6.01. The summed E-state index contributed by atoms with van der Waals surface area (Å²) < 4.78 is 0. The van der Waals surface area contributed by atoms with Gasteiger partial charge in [0, 0.05) is 44.2 Å². The lowest BCUT2D eigenvalue weighted by atomic mass is 9.90. The molecule has 1 aromatic rings. The van der Waals surface area contributed by atoms with E-state index in [0.29, 0.717) is 24.9 Å². The SMILES string of the molecule is CN=C(NCC1CC(=O)Nc2ccccc21)NCC(CC(C)C)N(C)C. The Morgan fingerprint density at radius 3 is 2.69 bits per heavy atom. The summed E-state index contributed by atoms with van der Waals surface area (Å²) in [6, 6.07) is 8.46. The van der Waals surface area contributed by atoms with Crippen molar-refractivity contribution < 1.29 is 4.79 Å². The Balaban J connectivity index is 1.92. The Morgan fingerprint density at radius 2 is 2.04 bits per heavy atom. The number of para-hydroxylation sites is 1. The van der Waals surface area contributed by atoms with E-state index in [4.69, 9.17) is 0 Å². The maximum Gasteiger partial charge on any atom is 0.225 e. The van der Waals surface area contributed by atoms with Crippen LogP contribution >= 0.6 is 0 Å². The van der Waals surface area contributed by atoms with Gasteiger partial charge in [-0.15, -0.1) is 0 Å². The molecule has 6 heteroatoms. The van der Waals surface area contributed by atoms with Crippen LogP contribution in [-0.2, 0) is 4.79 Å². The summed E-state index contributed by atoms with van der Waals surface area (Å²) >= 11 is 0. The molecule has 0 aromatic heterocycles. The van der Waals surface area contributed by atoms with Gasteiger partial charge in [-0.3, -0.25) is 9.79 Å². The first-order valence-electron chi connectivity index (χ1n) is 9.40. The van der Waals surface area contributed by atoms with Crippen LogP contribution in [0.15, 0.2) is 29.3 Å². The molecule has 6 nitrogen and oxygen atoms in total. The molecule has 0 saturated heterocycles. The number of hydrogen-bond donors (Lipinski definition) is 3. The number of likely N-dealkylation sites (N-methyl/N-ethyl adjacent to an activating group) is 1. The molecule has 0 saturated carbocycles. The lowest BCUT2D eigenvalue weighted by Crippen LogP contribution is -2.46. The number of anilines is 1. The standard InChI is InChI=1S/C20H33N5O/c1-14(2)10-16(25(4)5)13-23-20(21-3)22-12-15-11-19(26)24-18-9-7-6-8-17(15)18/h6-9,14-16H,10-13H2,1-5H3,(H,24,26)(H2,21,22,23). The smallest absolute Gasteiger partial charge is 0.225 e. The minimum absolute atomic E-state index is 0.0723. The summed E-state index contributed by atoms with van der Waals surface area (Å²) in [5.41, 5.74) is 2.10. The van der Waals surface area contributed by atoms with Gasteiger partial charge in [0.2, 0.25) is 5.91 Å². The van der Waals surface area contributed by atoms with Crippen molar-refractivity contribution in [2.45, 2.75) is 38.6 Å². The molecule has 0 fully saturated rings. The first kappa shape index (κ1) is 20.2. The molecule has 1 heterocycles. The number of carbonyl (C=O) groups is 1. The zero-order valence-corrected chi connectivity index (χ0v) is 16.7. The molecule has 3 N–H and O–H groups in total. The van der Waals surface area contributed by atoms with Crippen molar-refractivity contribution in [3.8, 4) is 0 Å². The summed E-state index contributed by atoms with van der Waals surface area (Å²) in [6.07, 6.45) is 1.63. The van der Waals surface area contributed by atoms with E-state index < -0.39 is 0 Å². The molecular weight excluding hydrogens is 326 g/mol. The van der Waals surface area contributed by atoms with Crippen LogP contribution in [0.3, 0.4) is 0 Å². The average Bonchev–Trinajstić information content (AvgIpc) is 2.59. The highest BCUT2D eigenvalue weighted by atomic mass is 16.1. The van der Waals surface area contributed by atoms with E-state index in [1.165, 1.54) is 5.56 Å². The van der Waals surface area contributed by atoms with Crippen molar-refractivity contribution in [2.75, 3.05) is 39.5 Å². The minimum atomic E-state index is 0.0723. The van der Waals surface area contributed by atoms with Crippen molar-refractivity contribution in [1.29, 1.82) is 0 Å². The first-order chi connectivity index (χ1) is 12.4. The van der Waals surface area contributed by atoms with Crippen molar-refractivity contribution >= 4 is 17.6 Å². The van der Waals surface area contributed by atoms with E-state index >= 15 is 0 Å². The van der Waals surface area contributed by atoms with Gasteiger partial charge in [0.1, 0.15) is 0 Å². The third-order valence-electron chi connectivity index (χ3n) is 4.82. The normalized spacial score (nSPS) is 18.5. The lowest BCUT2D eigenvalue weighted by Gasteiger charge is -2.28. The predicted octanol–water partition coefficient (Wildman–Crippen LogP) is 2.25. The van der Waals surface area contributed by atoms with Crippen molar-refractivity contribution in [1.82, 2.24) is 15.5 Å². The molecule has 0 spiro atoms. The Bertz CT molecular complexity index is 626. The molecule has 1 aliphatic heterocycles. The van der Waals surface area contributed by atoms with Crippen LogP contribution in [0.25, 0.3) is 0 Å². The van der Waals surface area contributed by atoms with E-state index in [1.54, 1.807) is 7.05 Å². The highest BCUT2D eigenvalue weighted by Crippen LogP contribution is 2.31. The lowest BCUT2D eigenvalue weighted by molar-refractivity contribution is -0.116. The van der Waals surface area contributed by atoms with Crippen LogP contribution in [0.5, 0.6) is 0 Å². The van der Waals surface area contributed by atoms with Crippen LogP contribution in [0.4, 0.5) is 5.69 Å². The molecule has 26 heavy (non-hydrogen) atoms. The number of carbonyl (C=O) groups excluding carboxylic acids is 1. The minimum Gasteiger partial charge on any atom is -0.356 e. The zero-order chi connectivity index (χ0) is 19.1. The van der Waals surface area contributed by atoms with Gasteiger partial charge in [0.15, 0.2) is 5.96 Å². The van der Waals surface area contributed by atoms with Crippen LogP contribution in [0.1, 0.15) is 38.2 Å². The average molecular weight is 360 g/mol. The molecular formula is C20H33N5O. The van der Waals surface area contributed by atoms with Gasteiger partial charge in [-0.1, -0.05) is 32.0 Å². The van der Waals surface area contributed by atoms with Gasteiger partial charge in [-0.2, -0.15) is 0 Å². The Kier molecular flexibility index (Phi) is 7.45. The number of benzene rings is 1. The summed E-state index contributed by atoms with van der Waals surface area (Å²) in [5, 5.41) is 9.76. The number of amides is 1. The molecule has 1 aliphatic rings. The number of guanidine groups is 1. The predicted molar refractivity (Wildman–Crippen MR) is 109 cm³/mol. The Hall–Kier alpha value is -2.08. The third kappa shape index (κ3) is 5.73. The van der Waals surface area contributed by atoms with Gasteiger partial charge in [0.05, 0.1) is 0 Å². The number of nitrogens with one attached hydrogen (secondary N) is 3. The van der Waals surface area contributed by atoms with Crippen molar-refractivity contribution in [2.24, 2.45) is 10.9 Å². The van der Waals surface area contributed by atoms with Gasteiger partial charge >= 0.3 is 0 Å². The maximum absolute atomic E-state index is 12.0. The van der Waals surface area contributed by atoms with Gasteiger partial charge < -0.3 is 20.9 Å². The third-order valence-corrected chi connectivity index (χ3v) is 4.82. The van der Waals surface area contributed by atoms with Gasteiger partial charge in [0.25, 0.3) is 0 Å². The molecule has 0 aliphatic carbocycles. The van der Waals surface area contributed by atoms with Gasteiger partial charge in [-0.05, 0) is 38.1 Å². The van der Waals surface area contributed by atoms with Crippen LogP contribution < -0.4 is 16.0 Å². The fraction of sp³-hybridized carbons (Fsp3) is 0.600. The largest absolute Gasteiger partial charge is 0.356 e. The number of fused-ring (bicyclic) bond motifs is 1. The maximum atomic E-state index is 12.0. The second-order valence-electron chi connectivity index (χ2n) is 7.62. The van der Waals surface area contributed by atoms with E-state index in [1.807, 2.05) is 18.2 Å². The first-order valence-corrected chi connectivity index (χ1v) is 9.40. The molecule has 144 valence electrons. The molecule has 0 radical (unpaired) electrons. The summed E-state index contributed by atoms with van der Waals surface area (Å²) in [5.74, 6) is 1.65. The van der Waals surface area contributed by atoms with Crippen LogP contribution in [0.2, 0.25) is 0 Å². The highest BCUT2D eigenvalue weighted by molar-refractivity contribution is 5.94. The quantitative estimate of drug-likeness (QED) is 0.516. The number of aliphatic imine (C=N–C) groups is 1. The summed E-state index contributed by atoms with van der Waals surface area (Å²) in [4.78, 5) is 18.5. The highest BCUT2D eigenvalue weighted by Gasteiger charge is 2.24. The Labute approximate surface area is 157 Å². The fourth-order valence-corrected chi connectivity index (χ4v) is 3.36. The molecule has 2 unspecified atom stereocenters. The molecule has 1 amide bonds. The van der Waals surface area contributed by atoms with E-state index in [9.17, 15) is 4.79 Å². The second-order valence-corrected chi connectivity index (χ2v) is 7.62. The molecule has 2 atom stereocenters.